The van der Waals surface area contributed by atoms with Crippen molar-refractivity contribution in [2.45, 2.75) is 82.7 Å². The molecule has 0 spiro atoms. The molecule has 172 valence electrons. The van der Waals surface area contributed by atoms with Gasteiger partial charge < -0.3 is 15.5 Å². The Bertz CT molecular complexity index is 597. The lowest BCUT2D eigenvalue weighted by molar-refractivity contribution is -0.140. The van der Waals surface area contributed by atoms with Crippen molar-refractivity contribution >= 4 is 28.5 Å². The standard InChI is InChI=1S/C22H39N3O4S/c1-4-5-6-7-8-9-10-14-20(26)25(2)19(15-17-30(3)29)22(28)24-18-13-11-12-16-23-21(18)27/h4,18-19H,1,5-17H2,2-3H3,(H,23,27)(H,24,28)/t18-,19+,30?/m0/s1. The van der Waals surface area contributed by atoms with Gasteiger partial charge in [-0.3, -0.25) is 18.6 Å². The second-order valence-electron chi connectivity index (χ2n) is 8.03. The molecule has 3 amide bonds. The van der Waals surface area contributed by atoms with Crippen LogP contribution in [0.2, 0.25) is 0 Å². The molecule has 0 saturated carbocycles. The number of nitrogens with zero attached hydrogens (tertiary/aromatic N) is 1. The van der Waals surface area contributed by atoms with Crippen LogP contribution in [0.4, 0.5) is 0 Å². The summed E-state index contributed by atoms with van der Waals surface area (Å²) in [4.78, 5) is 39.2. The molecule has 2 N–H and O–H groups in total. The number of nitrogens with one attached hydrogen (secondary N) is 2. The van der Waals surface area contributed by atoms with Gasteiger partial charge in [0.15, 0.2) is 0 Å². The Morgan fingerprint density at radius 2 is 1.97 bits per heavy atom. The number of carbonyl (C=O) groups is 3. The molecular weight excluding hydrogens is 402 g/mol. The number of allylic oxidation sites excluding steroid dienone is 1. The molecule has 0 aromatic rings. The van der Waals surface area contributed by atoms with Crippen LogP contribution < -0.4 is 10.6 Å². The molecule has 1 aliphatic rings. The molecule has 0 aliphatic carbocycles. The number of likely N-dealkylation sites (N-methyl/N-ethyl adjacent to an activating group) is 1. The van der Waals surface area contributed by atoms with E-state index in [-0.39, 0.29) is 17.7 Å². The first kappa shape index (κ1) is 26.3. The largest absolute Gasteiger partial charge is 0.354 e. The van der Waals surface area contributed by atoms with Crippen molar-refractivity contribution in [3.05, 3.63) is 12.7 Å². The lowest BCUT2D eigenvalue weighted by Gasteiger charge is -2.29. The molecule has 7 nitrogen and oxygen atoms in total. The number of hydrogen-bond donors (Lipinski definition) is 2. The summed E-state index contributed by atoms with van der Waals surface area (Å²) in [5.41, 5.74) is 0. The van der Waals surface area contributed by atoms with Crippen LogP contribution in [0, 0.1) is 0 Å². The molecule has 0 aromatic heterocycles. The topological polar surface area (TPSA) is 95.6 Å². The number of unbranched alkanes of at least 4 members (excludes halogenated alkanes) is 5. The summed E-state index contributed by atoms with van der Waals surface area (Å²) in [6.45, 7) is 4.34. The first-order valence-electron chi connectivity index (χ1n) is 11.1. The molecule has 1 aliphatic heterocycles. The Kier molecular flexibility index (Phi) is 13.3. The van der Waals surface area contributed by atoms with Gasteiger partial charge in [0.1, 0.15) is 12.1 Å². The van der Waals surface area contributed by atoms with E-state index in [1.54, 1.807) is 13.3 Å². The maximum Gasteiger partial charge on any atom is 0.243 e. The third kappa shape index (κ3) is 10.4. The molecular formula is C22H39N3O4S. The third-order valence-electron chi connectivity index (χ3n) is 5.49. The van der Waals surface area contributed by atoms with E-state index in [0.29, 0.717) is 31.6 Å². The molecule has 1 unspecified atom stereocenters. The average molecular weight is 442 g/mol. The van der Waals surface area contributed by atoms with E-state index in [2.05, 4.69) is 17.2 Å². The summed E-state index contributed by atoms with van der Waals surface area (Å²) in [5.74, 6) is -0.282. The number of carbonyl (C=O) groups excluding carboxylic acids is 3. The summed E-state index contributed by atoms with van der Waals surface area (Å²) in [6.07, 6.45) is 12.7. The number of hydrogen-bond acceptors (Lipinski definition) is 4. The van der Waals surface area contributed by atoms with Crippen molar-refractivity contribution in [2.24, 2.45) is 0 Å². The minimum atomic E-state index is -1.06. The Hall–Kier alpha value is -1.70. The van der Waals surface area contributed by atoms with Crippen LogP contribution in [0.1, 0.15) is 70.6 Å². The van der Waals surface area contributed by atoms with Gasteiger partial charge in [0.05, 0.1) is 0 Å². The Morgan fingerprint density at radius 1 is 1.27 bits per heavy atom. The van der Waals surface area contributed by atoms with Gasteiger partial charge in [-0.1, -0.05) is 25.3 Å². The maximum absolute atomic E-state index is 12.9. The minimum absolute atomic E-state index is 0.0894. The van der Waals surface area contributed by atoms with Gasteiger partial charge in [-0.2, -0.15) is 0 Å². The van der Waals surface area contributed by atoms with E-state index in [4.69, 9.17) is 0 Å². The van der Waals surface area contributed by atoms with Crippen molar-refractivity contribution in [1.82, 2.24) is 15.5 Å². The maximum atomic E-state index is 12.9. The summed E-state index contributed by atoms with van der Waals surface area (Å²) in [6, 6.07) is -1.29. The van der Waals surface area contributed by atoms with Crippen molar-refractivity contribution in [3.63, 3.8) is 0 Å². The predicted octanol–water partition coefficient (Wildman–Crippen LogP) is 2.28. The average Bonchev–Trinajstić information content (AvgIpc) is 2.91. The van der Waals surface area contributed by atoms with E-state index >= 15 is 0 Å². The van der Waals surface area contributed by atoms with Gasteiger partial charge in [-0.25, -0.2) is 0 Å². The normalized spacial score (nSPS) is 18.6. The highest BCUT2D eigenvalue weighted by Gasteiger charge is 2.30. The summed E-state index contributed by atoms with van der Waals surface area (Å²) in [5, 5.41) is 5.62. The van der Waals surface area contributed by atoms with Gasteiger partial charge in [-0.05, 0) is 44.9 Å². The highest BCUT2D eigenvalue weighted by atomic mass is 32.2. The van der Waals surface area contributed by atoms with Gasteiger partial charge >= 0.3 is 0 Å². The summed E-state index contributed by atoms with van der Waals surface area (Å²) in [7, 11) is 0.563. The van der Waals surface area contributed by atoms with E-state index in [1.165, 1.54) is 4.90 Å². The molecule has 1 heterocycles. The van der Waals surface area contributed by atoms with Gasteiger partial charge in [-0.15, -0.1) is 6.58 Å². The molecule has 30 heavy (non-hydrogen) atoms. The van der Waals surface area contributed by atoms with Crippen LogP contribution >= 0.6 is 0 Å². The zero-order chi connectivity index (χ0) is 22.4. The Balaban J connectivity index is 2.60. The smallest absolute Gasteiger partial charge is 0.243 e. The SMILES string of the molecule is C=CCCCCCCCC(=O)N(C)[C@H](CCS(C)=O)C(=O)N[C@H]1CCCCNC1=O. The van der Waals surface area contributed by atoms with Crippen molar-refractivity contribution < 1.29 is 18.6 Å². The van der Waals surface area contributed by atoms with E-state index in [1.807, 2.05) is 6.08 Å². The van der Waals surface area contributed by atoms with Gasteiger partial charge in [0.25, 0.3) is 0 Å². The zero-order valence-corrected chi connectivity index (χ0v) is 19.4. The molecule has 0 bridgehead atoms. The first-order valence-corrected chi connectivity index (χ1v) is 12.8. The van der Waals surface area contributed by atoms with Crippen LogP contribution in [0.3, 0.4) is 0 Å². The van der Waals surface area contributed by atoms with E-state index in [9.17, 15) is 18.6 Å². The Morgan fingerprint density at radius 3 is 2.67 bits per heavy atom. The van der Waals surface area contributed by atoms with Crippen LogP contribution in [0.5, 0.6) is 0 Å². The minimum Gasteiger partial charge on any atom is -0.354 e. The fourth-order valence-electron chi connectivity index (χ4n) is 3.57. The number of rotatable bonds is 14. The quantitative estimate of drug-likeness (QED) is 0.319. The highest BCUT2D eigenvalue weighted by molar-refractivity contribution is 7.84. The molecule has 1 saturated heterocycles. The Labute approximate surface area is 183 Å². The summed E-state index contributed by atoms with van der Waals surface area (Å²) >= 11 is 0. The molecule has 0 radical (unpaired) electrons. The zero-order valence-electron chi connectivity index (χ0n) is 18.6. The lowest BCUT2D eigenvalue weighted by atomic mass is 10.1. The lowest BCUT2D eigenvalue weighted by Crippen LogP contribution is -2.53. The second kappa shape index (κ2) is 15.2. The van der Waals surface area contributed by atoms with E-state index in [0.717, 1.165) is 51.4 Å². The van der Waals surface area contributed by atoms with Gasteiger partial charge in [0.2, 0.25) is 17.7 Å². The molecule has 1 fully saturated rings. The van der Waals surface area contributed by atoms with Crippen molar-refractivity contribution in [2.75, 3.05) is 25.6 Å². The van der Waals surface area contributed by atoms with Crippen LogP contribution in [-0.2, 0) is 25.2 Å². The molecule has 0 aromatic carbocycles. The first-order chi connectivity index (χ1) is 14.4. The van der Waals surface area contributed by atoms with Crippen molar-refractivity contribution in [1.29, 1.82) is 0 Å². The predicted molar refractivity (Wildman–Crippen MR) is 121 cm³/mol. The molecule has 8 heteroatoms. The van der Waals surface area contributed by atoms with Crippen molar-refractivity contribution in [3.8, 4) is 0 Å². The number of amides is 3. The molecule has 1 rings (SSSR count). The fourth-order valence-corrected chi connectivity index (χ4v) is 4.12. The van der Waals surface area contributed by atoms with Crippen LogP contribution in [0.25, 0.3) is 0 Å². The summed E-state index contributed by atoms with van der Waals surface area (Å²) < 4.78 is 11.6. The second-order valence-corrected chi connectivity index (χ2v) is 9.58. The van der Waals surface area contributed by atoms with E-state index < -0.39 is 22.9 Å². The van der Waals surface area contributed by atoms with Crippen LogP contribution in [-0.4, -0.2) is 64.5 Å². The molecule has 3 atom stereocenters. The van der Waals surface area contributed by atoms with Crippen LogP contribution in [0.15, 0.2) is 12.7 Å². The van der Waals surface area contributed by atoms with Gasteiger partial charge in [0, 0.05) is 42.8 Å². The third-order valence-corrected chi connectivity index (χ3v) is 6.30. The fraction of sp³-hybridized carbons (Fsp3) is 0.773. The monoisotopic (exact) mass is 441 g/mol. The highest BCUT2D eigenvalue weighted by Crippen LogP contribution is 2.13.